The van der Waals surface area contributed by atoms with Crippen LogP contribution in [0.25, 0.3) is 11.0 Å². The Labute approximate surface area is 140 Å². The first-order valence-electron chi connectivity index (χ1n) is 6.91. The summed E-state index contributed by atoms with van der Waals surface area (Å²) in [5.74, 6) is -0.392. The fourth-order valence-electron chi connectivity index (χ4n) is 2.35. The van der Waals surface area contributed by atoms with Crippen molar-refractivity contribution in [2.24, 2.45) is 0 Å². The predicted molar refractivity (Wildman–Crippen MR) is 94.1 cm³/mol. The number of halogens is 1. The summed E-state index contributed by atoms with van der Waals surface area (Å²) in [4.78, 5) is 24.7. The first-order valence-corrected chi connectivity index (χ1v) is 7.70. The highest BCUT2D eigenvalue weighted by Crippen LogP contribution is 2.28. The number of amides is 1. The summed E-state index contributed by atoms with van der Waals surface area (Å²) < 4.78 is 5.93. The van der Waals surface area contributed by atoms with Crippen LogP contribution in [0.4, 0.5) is 11.4 Å². The third kappa shape index (κ3) is 2.85. The first-order chi connectivity index (χ1) is 11.1. The molecule has 0 aliphatic rings. The third-order valence-corrected chi connectivity index (χ3v) is 4.11. The fourth-order valence-corrected chi connectivity index (χ4v) is 2.81. The molecule has 0 unspecified atom stereocenters. The van der Waals surface area contributed by atoms with Gasteiger partial charge in [-0.2, -0.15) is 0 Å². The summed E-state index contributed by atoms with van der Waals surface area (Å²) in [6, 6.07) is 14.1. The Morgan fingerprint density at radius 1 is 1.04 bits per heavy atom. The first kappa shape index (κ1) is 15.3. The van der Waals surface area contributed by atoms with Gasteiger partial charge in [0.15, 0.2) is 5.69 Å². The van der Waals surface area contributed by atoms with Gasteiger partial charge in [0.1, 0.15) is 5.58 Å². The van der Waals surface area contributed by atoms with Crippen molar-refractivity contribution in [3.8, 4) is 0 Å². The maximum Gasteiger partial charge on any atom is 0.362 e. The number of carbonyl (C=O) groups is 1. The topological polar surface area (TPSA) is 71.3 Å². The number of fused-ring (bicyclic) bond motifs is 1. The lowest BCUT2D eigenvalue weighted by atomic mass is 10.1. The zero-order valence-electron chi connectivity index (χ0n) is 12.2. The molecule has 0 aliphatic carbocycles. The van der Waals surface area contributed by atoms with E-state index in [4.69, 9.17) is 4.42 Å². The zero-order valence-corrected chi connectivity index (χ0v) is 13.8. The Bertz CT molecular complexity index is 950. The van der Waals surface area contributed by atoms with Crippen LogP contribution in [0.15, 0.2) is 62.2 Å². The number of hydrogen-bond acceptors (Lipinski definition) is 4. The largest absolute Gasteiger partial charge is 0.421 e. The van der Waals surface area contributed by atoms with Crippen molar-refractivity contribution in [1.29, 1.82) is 0 Å². The second-order valence-corrected chi connectivity index (χ2v) is 5.67. The van der Waals surface area contributed by atoms with Crippen molar-refractivity contribution in [1.82, 2.24) is 0 Å². The molecule has 0 aliphatic heterocycles. The van der Waals surface area contributed by atoms with Gasteiger partial charge >= 0.3 is 5.63 Å². The van der Waals surface area contributed by atoms with Gasteiger partial charge in [-0.15, -0.1) is 0 Å². The smallest absolute Gasteiger partial charge is 0.362 e. The summed E-state index contributed by atoms with van der Waals surface area (Å²) in [6.07, 6.45) is 0. The molecule has 3 rings (SSSR count). The van der Waals surface area contributed by atoms with E-state index in [1.165, 1.54) is 0 Å². The second-order valence-electron chi connectivity index (χ2n) is 4.82. The van der Waals surface area contributed by atoms with E-state index in [-0.39, 0.29) is 5.69 Å². The highest BCUT2D eigenvalue weighted by Gasteiger charge is 2.17. The molecule has 116 valence electrons. The molecule has 0 fully saturated rings. The van der Waals surface area contributed by atoms with Gasteiger partial charge in [0.25, 0.3) is 5.91 Å². The lowest BCUT2D eigenvalue weighted by Gasteiger charge is -2.12. The summed E-state index contributed by atoms with van der Waals surface area (Å²) in [6.45, 7) is 0. The summed E-state index contributed by atoms with van der Waals surface area (Å²) >= 11 is 3.33. The van der Waals surface area contributed by atoms with Gasteiger partial charge in [-0.25, -0.2) is 4.79 Å². The third-order valence-electron chi connectivity index (χ3n) is 3.42. The van der Waals surface area contributed by atoms with E-state index in [1.54, 1.807) is 37.4 Å². The average Bonchev–Trinajstić information content (AvgIpc) is 2.55. The van der Waals surface area contributed by atoms with Crippen LogP contribution in [0.1, 0.15) is 10.4 Å². The summed E-state index contributed by atoms with van der Waals surface area (Å²) in [7, 11) is 1.69. The molecule has 23 heavy (non-hydrogen) atoms. The minimum absolute atomic E-state index is 0.0898. The lowest BCUT2D eigenvalue weighted by molar-refractivity contribution is 0.102. The maximum absolute atomic E-state index is 12.4. The van der Waals surface area contributed by atoms with Gasteiger partial charge in [0.05, 0.1) is 11.3 Å². The molecule has 0 radical (unpaired) electrons. The van der Waals surface area contributed by atoms with Gasteiger partial charge in [-0.05, 0) is 40.2 Å². The maximum atomic E-state index is 12.4. The van der Waals surface area contributed by atoms with Crippen LogP contribution in [0.3, 0.4) is 0 Å². The molecule has 0 atom stereocenters. The number of para-hydroxylation sites is 1. The quantitative estimate of drug-likeness (QED) is 0.685. The predicted octanol–water partition coefficient (Wildman–Crippen LogP) is 3.85. The number of rotatable bonds is 3. The molecule has 5 nitrogen and oxygen atoms in total. The van der Waals surface area contributed by atoms with Gasteiger partial charge < -0.3 is 15.1 Å². The molecule has 0 saturated carbocycles. The minimum atomic E-state index is -0.603. The lowest BCUT2D eigenvalue weighted by Crippen LogP contribution is -2.20. The number of nitrogens with one attached hydrogen (secondary N) is 2. The minimum Gasteiger partial charge on any atom is -0.421 e. The van der Waals surface area contributed by atoms with Crippen molar-refractivity contribution in [3.63, 3.8) is 0 Å². The molecule has 0 spiro atoms. The van der Waals surface area contributed by atoms with Crippen molar-refractivity contribution in [2.45, 2.75) is 0 Å². The van der Waals surface area contributed by atoms with E-state index in [9.17, 15) is 9.59 Å². The molecule has 2 aromatic carbocycles. The van der Waals surface area contributed by atoms with Crippen LogP contribution in [-0.2, 0) is 0 Å². The molecular formula is C17H13BrN2O3. The highest BCUT2D eigenvalue weighted by molar-refractivity contribution is 9.10. The van der Waals surface area contributed by atoms with Crippen LogP contribution in [0.5, 0.6) is 0 Å². The van der Waals surface area contributed by atoms with E-state index < -0.39 is 11.5 Å². The Morgan fingerprint density at radius 2 is 1.74 bits per heavy atom. The van der Waals surface area contributed by atoms with E-state index in [1.807, 2.05) is 18.2 Å². The van der Waals surface area contributed by atoms with Crippen LogP contribution < -0.4 is 16.3 Å². The van der Waals surface area contributed by atoms with Gasteiger partial charge in [-0.1, -0.05) is 24.3 Å². The molecule has 1 heterocycles. The van der Waals surface area contributed by atoms with Gasteiger partial charge in [-0.3, -0.25) is 4.79 Å². The van der Waals surface area contributed by atoms with E-state index in [2.05, 4.69) is 26.6 Å². The van der Waals surface area contributed by atoms with Gasteiger partial charge in [0.2, 0.25) is 0 Å². The Hall–Kier alpha value is -2.60. The van der Waals surface area contributed by atoms with Crippen molar-refractivity contribution < 1.29 is 9.21 Å². The Kier molecular flexibility index (Phi) is 4.16. The van der Waals surface area contributed by atoms with Crippen molar-refractivity contribution >= 4 is 44.2 Å². The summed E-state index contributed by atoms with van der Waals surface area (Å²) in [5.41, 5.74) is 0.903. The molecule has 1 aromatic heterocycles. The summed E-state index contributed by atoms with van der Waals surface area (Å²) in [5, 5.41) is 6.33. The Balaban J connectivity index is 2.10. The zero-order chi connectivity index (χ0) is 16.4. The van der Waals surface area contributed by atoms with Crippen molar-refractivity contribution in [3.05, 3.63) is 69.0 Å². The van der Waals surface area contributed by atoms with Crippen LogP contribution in [0.2, 0.25) is 0 Å². The average molecular weight is 373 g/mol. The fraction of sp³-hybridized carbons (Fsp3) is 0.0588. The molecule has 0 saturated heterocycles. The highest BCUT2D eigenvalue weighted by atomic mass is 79.9. The number of carbonyl (C=O) groups excluding carboxylic acids is 1. The monoisotopic (exact) mass is 372 g/mol. The van der Waals surface area contributed by atoms with Crippen LogP contribution in [0, 0.1) is 0 Å². The number of hydrogen-bond donors (Lipinski definition) is 2. The van der Waals surface area contributed by atoms with Crippen LogP contribution >= 0.6 is 15.9 Å². The van der Waals surface area contributed by atoms with E-state index in [0.717, 1.165) is 5.39 Å². The molecule has 6 heteroatoms. The molecule has 1 amide bonds. The standard InChI is InChI=1S/C17H13BrN2O3/c1-19-14-11-7-3-5-9-13(11)23-17(22)15(14)20-16(21)10-6-2-4-8-12(10)18/h2-9,19H,1H3,(H,20,21). The molecule has 2 N–H and O–H groups in total. The molecule has 3 aromatic rings. The Morgan fingerprint density at radius 3 is 2.48 bits per heavy atom. The molecular weight excluding hydrogens is 360 g/mol. The normalized spacial score (nSPS) is 10.5. The number of anilines is 2. The van der Waals surface area contributed by atoms with Crippen molar-refractivity contribution in [2.75, 3.05) is 17.7 Å². The SMILES string of the molecule is CNc1c(NC(=O)c2ccccc2Br)c(=O)oc2ccccc12. The van der Waals surface area contributed by atoms with Crippen LogP contribution in [-0.4, -0.2) is 13.0 Å². The molecule has 0 bridgehead atoms. The number of benzene rings is 2. The second kappa shape index (κ2) is 6.26. The van der Waals surface area contributed by atoms with E-state index in [0.29, 0.717) is 21.3 Å². The van der Waals surface area contributed by atoms with E-state index >= 15 is 0 Å². The van der Waals surface area contributed by atoms with Gasteiger partial charge in [0, 0.05) is 16.9 Å².